The number of ether oxygens (including phenoxy) is 2. The fourth-order valence-electron chi connectivity index (χ4n) is 3.28. The maximum atomic E-state index is 12.7. The third-order valence-electron chi connectivity index (χ3n) is 4.84. The summed E-state index contributed by atoms with van der Waals surface area (Å²) in [7, 11) is 0. The lowest BCUT2D eigenvalue weighted by atomic mass is 10.1. The number of amides is 1. The van der Waals surface area contributed by atoms with Gasteiger partial charge in [0.1, 0.15) is 18.1 Å². The first kappa shape index (κ1) is 20.9. The number of carbonyl (C=O) groups excluding carboxylic acids is 1. The Bertz CT molecular complexity index is 1200. The molecule has 0 saturated heterocycles. The van der Waals surface area contributed by atoms with Gasteiger partial charge in [0.15, 0.2) is 0 Å². The van der Waals surface area contributed by atoms with Crippen LogP contribution < -0.4 is 14.8 Å². The number of nitrogens with one attached hydrogen (secondary N) is 1. The summed E-state index contributed by atoms with van der Waals surface area (Å²) < 4.78 is 12.7. The highest BCUT2D eigenvalue weighted by Crippen LogP contribution is 2.25. The number of rotatable bonds is 7. The van der Waals surface area contributed by atoms with E-state index < -0.39 is 0 Å². The van der Waals surface area contributed by atoms with Gasteiger partial charge >= 0.3 is 0 Å². The minimum atomic E-state index is -0.183. The summed E-state index contributed by atoms with van der Waals surface area (Å²) >= 11 is 3.40. The van der Waals surface area contributed by atoms with E-state index in [9.17, 15) is 4.79 Å². The minimum absolute atomic E-state index is 0.183. The van der Waals surface area contributed by atoms with Crippen molar-refractivity contribution in [2.75, 3.05) is 11.9 Å². The molecular weight excluding hydrogens is 454 g/mol. The van der Waals surface area contributed by atoms with Gasteiger partial charge in [-0.2, -0.15) is 0 Å². The summed E-state index contributed by atoms with van der Waals surface area (Å²) in [6.07, 6.45) is 0. The topological polar surface area (TPSA) is 47.6 Å². The van der Waals surface area contributed by atoms with Crippen LogP contribution in [0.3, 0.4) is 0 Å². The lowest BCUT2D eigenvalue weighted by Crippen LogP contribution is -2.13. The van der Waals surface area contributed by atoms with Crippen molar-refractivity contribution in [3.05, 3.63) is 101 Å². The molecule has 0 aromatic heterocycles. The average Bonchev–Trinajstić information content (AvgIpc) is 2.80. The largest absolute Gasteiger partial charge is 0.493 e. The molecule has 5 heteroatoms. The molecule has 156 valence electrons. The molecule has 0 aliphatic heterocycles. The van der Waals surface area contributed by atoms with Gasteiger partial charge in [0.2, 0.25) is 0 Å². The Labute approximate surface area is 189 Å². The number of hydrogen-bond acceptors (Lipinski definition) is 3. The van der Waals surface area contributed by atoms with Crippen LogP contribution in [0.15, 0.2) is 89.4 Å². The van der Waals surface area contributed by atoms with E-state index >= 15 is 0 Å². The Morgan fingerprint density at radius 2 is 1.65 bits per heavy atom. The first-order valence-electron chi connectivity index (χ1n) is 10.1. The van der Waals surface area contributed by atoms with E-state index in [1.807, 2.05) is 73.7 Å². The van der Waals surface area contributed by atoms with Gasteiger partial charge in [-0.3, -0.25) is 4.79 Å². The van der Waals surface area contributed by atoms with Crippen LogP contribution in [-0.2, 0) is 6.61 Å². The molecule has 4 rings (SSSR count). The predicted molar refractivity (Wildman–Crippen MR) is 128 cm³/mol. The van der Waals surface area contributed by atoms with Crippen LogP contribution in [0.4, 0.5) is 5.69 Å². The zero-order valence-electron chi connectivity index (χ0n) is 17.1. The fraction of sp³-hybridized carbons (Fsp3) is 0.115. The summed E-state index contributed by atoms with van der Waals surface area (Å²) in [5, 5.41) is 5.20. The molecule has 0 atom stereocenters. The van der Waals surface area contributed by atoms with Gasteiger partial charge in [-0.05, 0) is 72.3 Å². The van der Waals surface area contributed by atoms with E-state index in [1.54, 1.807) is 6.07 Å². The number of halogens is 1. The van der Waals surface area contributed by atoms with Crippen LogP contribution in [0, 0.1) is 0 Å². The zero-order valence-corrected chi connectivity index (χ0v) is 18.7. The Hall–Kier alpha value is -3.31. The zero-order chi connectivity index (χ0) is 21.6. The van der Waals surface area contributed by atoms with Crippen LogP contribution in [0.1, 0.15) is 22.8 Å². The van der Waals surface area contributed by atoms with Crippen molar-refractivity contribution in [1.29, 1.82) is 0 Å². The Balaban J connectivity index is 1.53. The molecule has 4 nitrogen and oxygen atoms in total. The van der Waals surface area contributed by atoms with Gasteiger partial charge in [-0.15, -0.1) is 0 Å². The average molecular weight is 476 g/mol. The molecule has 0 bridgehead atoms. The molecule has 0 spiro atoms. The molecule has 0 heterocycles. The summed E-state index contributed by atoms with van der Waals surface area (Å²) in [5.41, 5.74) is 2.10. The van der Waals surface area contributed by atoms with Crippen molar-refractivity contribution >= 4 is 38.3 Å². The van der Waals surface area contributed by atoms with Crippen molar-refractivity contribution < 1.29 is 14.3 Å². The van der Waals surface area contributed by atoms with E-state index in [0.29, 0.717) is 24.5 Å². The number of fused-ring (bicyclic) bond motifs is 1. The van der Waals surface area contributed by atoms with Crippen LogP contribution >= 0.6 is 15.9 Å². The highest BCUT2D eigenvalue weighted by molar-refractivity contribution is 9.10. The number of carbonyl (C=O) groups is 1. The molecule has 0 saturated carbocycles. The summed E-state index contributed by atoms with van der Waals surface area (Å²) in [5.74, 6) is 1.30. The minimum Gasteiger partial charge on any atom is -0.493 e. The monoisotopic (exact) mass is 475 g/mol. The van der Waals surface area contributed by atoms with Crippen LogP contribution in [-0.4, -0.2) is 12.5 Å². The maximum absolute atomic E-state index is 12.7. The second kappa shape index (κ2) is 9.67. The third kappa shape index (κ3) is 5.25. The highest BCUT2D eigenvalue weighted by Gasteiger charge is 2.12. The quantitative estimate of drug-likeness (QED) is 0.318. The summed E-state index contributed by atoms with van der Waals surface area (Å²) in [6.45, 7) is 2.77. The maximum Gasteiger partial charge on any atom is 0.255 e. The van der Waals surface area contributed by atoms with Crippen LogP contribution in [0.2, 0.25) is 0 Å². The van der Waals surface area contributed by atoms with Gasteiger partial charge < -0.3 is 14.8 Å². The molecular formula is C26H22BrNO3. The number of hydrogen-bond donors (Lipinski definition) is 1. The molecule has 0 unspecified atom stereocenters. The molecule has 0 fully saturated rings. The number of benzene rings is 4. The highest BCUT2D eigenvalue weighted by atomic mass is 79.9. The Morgan fingerprint density at radius 1 is 0.871 bits per heavy atom. The normalized spacial score (nSPS) is 10.6. The molecule has 4 aromatic rings. The molecule has 0 radical (unpaired) electrons. The second-order valence-electron chi connectivity index (χ2n) is 7.01. The fourth-order valence-corrected chi connectivity index (χ4v) is 3.55. The predicted octanol–water partition coefficient (Wildman–Crippen LogP) is 6.83. The van der Waals surface area contributed by atoms with E-state index in [-0.39, 0.29) is 5.91 Å². The van der Waals surface area contributed by atoms with Gasteiger partial charge in [-0.1, -0.05) is 46.3 Å². The standard InChI is InChI=1S/C26H22BrNO3/c1-2-30-25-14-8-20(26(29)28-23-11-9-22(27)10-12-23)15-21(25)17-31-24-13-7-18-5-3-4-6-19(18)16-24/h3-16H,2,17H2,1H3,(H,28,29). The van der Waals surface area contributed by atoms with Gasteiger partial charge in [0, 0.05) is 21.3 Å². The van der Waals surface area contributed by atoms with Crippen LogP contribution in [0.25, 0.3) is 10.8 Å². The molecule has 1 N–H and O–H groups in total. The van der Waals surface area contributed by atoms with Crippen molar-refractivity contribution in [2.24, 2.45) is 0 Å². The van der Waals surface area contributed by atoms with E-state index in [2.05, 4.69) is 33.4 Å². The molecule has 0 aliphatic carbocycles. The van der Waals surface area contributed by atoms with Crippen molar-refractivity contribution in [1.82, 2.24) is 0 Å². The first-order valence-corrected chi connectivity index (χ1v) is 10.9. The SMILES string of the molecule is CCOc1ccc(C(=O)Nc2ccc(Br)cc2)cc1COc1ccc2ccccc2c1. The van der Waals surface area contributed by atoms with Crippen molar-refractivity contribution in [3.63, 3.8) is 0 Å². The van der Waals surface area contributed by atoms with Crippen molar-refractivity contribution in [2.45, 2.75) is 13.5 Å². The van der Waals surface area contributed by atoms with E-state index in [4.69, 9.17) is 9.47 Å². The smallest absolute Gasteiger partial charge is 0.255 e. The Kier molecular flexibility index (Phi) is 6.53. The van der Waals surface area contributed by atoms with Gasteiger partial charge in [0.05, 0.1) is 6.61 Å². The third-order valence-corrected chi connectivity index (χ3v) is 5.37. The lowest BCUT2D eigenvalue weighted by Gasteiger charge is -2.14. The van der Waals surface area contributed by atoms with E-state index in [1.165, 1.54) is 0 Å². The van der Waals surface area contributed by atoms with Gasteiger partial charge in [0.25, 0.3) is 5.91 Å². The van der Waals surface area contributed by atoms with Gasteiger partial charge in [-0.25, -0.2) is 0 Å². The molecule has 1 amide bonds. The molecule has 4 aromatic carbocycles. The summed E-state index contributed by atoms with van der Waals surface area (Å²) in [6, 6.07) is 27.0. The lowest BCUT2D eigenvalue weighted by molar-refractivity contribution is 0.102. The first-order chi connectivity index (χ1) is 15.1. The van der Waals surface area contributed by atoms with E-state index in [0.717, 1.165) is 32.2 Å². The molecule has 0 aliphatic rings. The number of anilines is 1. The summed E-state index contributed by atoms with van der Waals surface area (Å²) in [4.78, 5) is 12.7. The second-order valence-corrected chi connectivity index (χ2v) is 7.93. The van der Waals surface area contributed by atoms with Crippen molar-refractivity contribution in [3.8, 4) is 11.5 Å². The Morgan fingerprint density at radius 3 is 2.42 bits per heavy atom. The van der Waals surface area contributed by atoms with Crippen LogP contribution in [0.5, 0.6) is 11.5 Å². The molecule has 31 heavy (non-hydrogen) atoms.